The minimum Gasteiger partial charge on any atom is -0.503 e. The van der Waals surface area contributed by atoms with Gasteiger partial charge in [-0.1, -0.05) is 0 Å². The third-order valence-corrected chi connectivity index (χ3v) is 1.26. The third kappa shape index (κ3) is 1.73. The fourth-order valence-corrected chi connectivity index (χ4v) is 0.718. The molecular formula is C8H6N2O2. The van der Waals surface area contributed by atoms with Crippen LogP contribution in [0.5, 0.6) is 5.75 Å². The molecule has 0 bridgehead atoms. The lowest BCUT2D eigenvalue weighted by molar-refractivity contribution is 0.466. The van der Waals surface area contributed by atoms with Crippen LogP contribution < -0.4 is 5.56 Å². The van der Waals surface area contributed by atoms with Gasteiger partial charge in [0.25, 0.3) is 5.56 Å². The Balaban J connectivity index is 3.07. The molecule has 0 atom stereocenters. The second-order valence-corrected chi connectivity index (χ2v) is 2.11. The summed E-state index contributed by atoms with van der Waals surface area (Å²) in [4.78, 5) is 13.0. The van der Waals surface area contributed by atoms with E-state index in [0.717, 1.165) is 0 Å². The van der Waals surface area contributed by atoms with Crippen LogP contribution in [0.2, 0.25) is 0 Å². The second-order valence-electron chi connectivity index (χ2n) is 2.11. The molecule has 0 aromatic carbocycles. The molecule has 1 aromatic rings. The van der Waals surface area contributed by atoms with Crippen molar-refractivity contribution < 1.29 is 5.11 Å². The van der Waals surface area contributed by atoms with Crippen LogP contribution in [0, 0.1) is 11.3 Å². The van der Waals surface area contributed by atoms with E-state index >= 15 is 0 Å². The molecule has 0 fully saturated rings. The van der Waals surface area contributed by atoms with Crippen LogP contribution in [-0.4, -0.2) is 10.1 Å². The van der Waals surface area contributed by atoms with Crippen LogP contribution in [0.3, 0.4) is 0 Å². The number of aromatic hydroxyl groups is 1. The zero-order valence-corrected chi connectivity index (χ0v) is 6.11. The number of aromatic amines is 1. The first-order chi connectivity index (χ1) is 5.74. The lowest BCUT2D eigenvalue weighted by atomic mass is 10.2. The van der Waals surface area contributed by atoms with Crippen molar-refractivity contribution in [1.29, 1.82) is 5.26 Å². The molecule has 0 aliphatic heterocycles. The van der Waals surface area contributed by atoms with Crippen LogP contribution in [0.4, 0.5) is 0 Å². The molecule has 0 spiro atoms. The number of hydrogen-bond donors (Lipinski definition) is 2. The monoisotopic (exact) mass is 162 g/mol. The highest BCUT2D eigenvalue weighted by molar-refractivity contribution is 5.51. The zero-order chi connectivity index (χ0) is 8.97. The van der Waals surface area contributed by atoms with Crippen molar-refractivity contribution in [3.8, 4) is 11.8 Å². The number of aromatic nitrogens is 1. The van der Waals surface area contributed by atoms with E-state index in [0.29, 0.717) is 5.56 Å². The van der Waals surface area contributed by atoms with E-state index in [1.807, 2.05) is 0 Å². The highest BCUT2D eigenvalue weighted by atomic mass is 16.3. The summed E-state index contributed by atoms with van der Waals surface area (Å²) in [5.41, 5.74) is 0.0396. The van der Waals surface area contributed by atoms with E-state index in [4.69, 9.17) is 10.4 Å². The molecule has 1 heterocycles. The van der Waals surface area contributed by atoms with Gasteiger partial charge < -0.3 is 10.1 Å². The van der Waals surface area contributed by atoms with Gasteiger partial charge in [0.05, 0.1) is 6.07 Å². The van der Waals surface area contributed by atoms with Crippen molar-refractivity contribution in [3.63, 3.8) is 0 Å². The zero-order valence-electron chi connectivity index (χ0n) is 6.11. The maximum Gasteiger partial charge on any atom is 0.290 e. The molecule has 60 valence electrons. The molecule has 4 heteroatoms. The summed E-state index contributed by atoms with van der Waals surface area (Å²) >= 11 is 0. The molecule has 1 rings (SSSR count). The van der Waals surface area contributed by atoms with Gasteiger partial charge in [0.2, 0.25) is 0 Å². The van der Waals surface area contributed by atoms with E-state index in [-0.39, 0.29) is 5.75 Å². The number of nitrogens with one attached hydrogen (secondary N) is 1. The van der Waals surface area contributed by atoms with Gasteiger partial charge >= 0.3 is 0 Å². The molecule has 0 saturated heterocycles. The predicted octanol–water partition coefficient (Wildman–Crippen LogP) is 0.617. The molecule has 4 nitrogen and oxygen atoms in total. The second kappa shape index (κ2) is 3.39. The number of nitrogens with zero attached hydrogens (tertiary/aromatic N) is 1. The molecule has 0 radical (unpaired) electrons. The van der Waals surface area contributed by atoms with Gasteiger partial charge in [0, 0.05) is 12.3 Å². The molecule has 0 unspecified atom stereocenters. The van der Waals surface area contributed by atoms with Crippen molar-refractivity contribution in [2.24, 2.45) is 0 Å². The SMILES string of the molecule is N#CC=Cc1c[nH]c(=O)c(O)c1. The number of hydrogen-bond acceptors (Lipinski definition) is 3. The molecule has 2 N–H and O–H groups in total. The first-order valence-corrected chi connectivity index (χ1v) is 3.22. The average molecular weight is 162 g/mol. The number of pyridine rings is 1. The maximum atomic E-state index is 10.7. The van der Waals surface area contributed by atoms with Gasteiger partial charge in [-0.05, 0) is 17.7 Å². The summed E-state index contributed by atoms with van der Waals surface area (Å²) in [5, 5.41) is 17.1. The normalized spacial score (nSPS) is 9.92. The van der Waals surface area contributed by atoms with Crippen LogP contribution in [0.25, 0.3) is 6.08 Å². The topological polar surface area (TPSA) is 76.9 Å². The Morgan fingerprint density at radius 1 is 1.67 bits per heavy atom. The molecule has 1 aromatic heterocycles. The summed E-state index contributed by atoms with van der Waals surface area (Å²) in [5.74, 6) is -0.352. The lowest BCUT2D eigenvalue weighted by Gasteiger charge is -1.92. The molecular weight excluding hydrogens is 156 g/mol. The van der Waals surface area contributed by atoms with Gasteiger partial charge in [0.1, 0.15) is 0 Å². The quantitative estimate of drug-likeness (QED) is 0.594. The number of rotatable bonds is 1. The summed E-state index contributed by atoms with van der Waals surface area (Å²) < 4.78 is 0. The summed E-state index contributed by atoms with van der Waals surface area (Å²) in [7, 11) is 0. The molecule has 0 saturated carbocycles. The highest BCUT2D eigenvalue weighted by Gasteiger charge is 1.94. The number of allylic oxidation sites excluding steroid dienone is 1. The summed E-state index contributed by atoms with van der Waals surface area (Å²) in [6.07, 6.45) is 4.15. The van der Waals surface area contributed by atoms with Crippen LogP contribution >= 0.6 is 0 Å². The minimum absolute atomic E-state index is 0.352. The Kier molecular flexibility index (Phi) is 2.29. The van der Waals surface area contributed by atoms with Crippen molar-refractivity contribution in [2.75, 3.05) is 0 Å². The predicted molar refractivity (Wildman–Crippen MR) is 43.4 cm³/mol. The largest absolute Gasteiger partial charge is 0.503 e. The van der Waals surface area contributed by atoms with E-state index < -0.39 is 5.56 Å². The smallest absolute Gasteiger partial charge is 0.290 e. The van der Waals surface area contributed by atoms with Crippen molar-refractivity contribution in [1.82, 2.24) is 4.98 Å². The summed E-state index contributed by atoms with van der Waals surface area (Å²) in [6, 6.07) is 3.08. The van der Waals surface area contributed by atoms with Crippen molar-refractivity contribution in [2.45, 2.75) is 0 Å². The van der Waals surface area contributed by atoms with Crippen molar-refractivity contribution in [3.05, 3.63) is 34.3 Å². The van der Waals surface area contributed by atoms with Gasteiger partial charge in [-0.2, -0.15) is 5.26 Å². The number of nitriles is 1. The van der Waals surface area contributed by atoms with Crippen LogP contribution in [0.15, 0.2) is 23.1 Å². The van der Waals surface area contributed by atoms with Crippen LogP contribution in [-0.2, 0) is 0 Å². The van der Waals surface area contributed by atoms with Gasteiger partial charge in [-0.15, -0.1) is 0 Å². The van der Waals surface area contributed by atoms with Gasteiger partial charge in [-0.3, -0.25) is 4.79 Å². The Morgan fingerprint density at radius 2 is 2.42 bits per heavy atom. The van der Waals surface area contributed by atoms with E-state index in [1.165, 1.54) is 24.4 Å². The Hall–Kier alpha value is -2.02. The molecule has 0 aliphatic rings. The Morgan fingerprint density at radius 3 is 3.00 bits per heavy atom. The first-order valence-electron chi connectivity index (χ1n) is 3.22. The van der Waals surface area contributed by atoms with E-state index in [1.54, 1.807) is 6.07 Å². The lowest BCUT2D eigenvalue weighted by Crippen LogP contribution is -2.03. The van der Waals surface area contributed by atoms with Crippen molar-refractivity contribution >= 4 is 6.08 Å². The fraction of sp³-hybridized carbons (Fsp3) is 0. The standard InChI is InChI=1S/C8H6N2O2/c9-3-1-2-6-4-7(11)8(12)10-5-6/h1-2,4-5,11H,(H,10,12). The van der Waals surface area contributed by atoms with Gasteiger partial charge in [-0.25, -0.2) is 0 Å². The molecule has 0 aliphatic carbocycles. The minimum atomic E-state index is -0.538. The summed E-state index contributed by atoms with van der Waals surface area (Å²) in [6.45, 7) is 0. The maximum absolute atomic E-state index is 10.7. The first kappa shape index (κ1) is 8.08. The highest BCUT2D eigenvalue weighted by Crippen LogP contribution is 2.04. The number of H-pyrrole nitrogens is 1. The van der Waals surface area contributed by atoms with E-state index in [9.17, 15) is 4.79 Å². The fourth-order valence-electron chi connectivity index (χ4n) is 0.718. The molecule has 12 heavy (non-hydrogen) atoms. The van der Waals surface area contributed by atoms with Crippen LogP contribution in [0.1, 0.15) is 5.56 Å². The third-order valence-electron chi connectivity index (χ3n) is 1.26. The Labute approximate surface area is 68.4 Å². The Bertz CT molecular complexity index is 398. The van der Waals surface area contributed by atoms with Gasteiger partial charge in [0.15, 0.2) is 5.75 Å². The molecule has 0 amide bonds. The van der Waals surface area contributed by atoms with E-state index in [2.05, 4.69) is 4.98 Å². The average Bonchev–Trinajstić information content (AvgIpc) is 2.07.